The van der Waals surface area contributed by atoms with Crippen LogP contribution in [0.3, 0.4) is 0 Å². The third-order valence-corrected chi connectivity index (χ3v) is 6.05. The molecule has 7 heteroatoms. The monoisotopic (exact) mass is 451 g/mol. The Morgan fingerprint density at radius 2 is 1.66 bits per heavy atom. The van der Waals surface area contributed by atoms with E-state index in [-0.39, 0.29) is 15.4 Å². The number of amides is 1. The number of fused-ring (bicyclic) bond motifs is 1. The Morgan fingerprint density at radius 3 is 2.38 bits per heavy atom. The zero-order valence-electron chi connectivity index (χ0n) is 15.7. The molecule has 4 nitrogen and oxygen atoms in total. The topological polar surface area (TPSA) is 55.4 Å². The Labute approximate surface area is 184 Å². The van der Waals surface area contributed by atoms with E-state index >= 15 is 0 Å². The maximum absolute atomic E-state index is 13.0. The summed E-state index contributed by atoms with van der Waals surface area (Å²) < 4.78 is 5.25. The fourth-order valence-electron chi connectivity index (χ4n) is 3.39. The summed E-state index contributed by atoms with van der Waals surface area (Å²) in [6.07, 6.45) is 3.86. The number of ether oxygens (including phenoxy) is 1. The van der Waals surface area contributed by atoms with Gasteiger partial charge in [0.05, 0.1) is 16.9 Å². The number of nitrogens with one attached hydrogen (secondary N) is 1. The number of hydrogen-bond donors (Lipinski definition) is 1. The van der Waals surface area contributed by atoms with Gasteiger partial charge >= 0.3 is 5.97 Å². The van der Waals surface area contributed by atoms with Crippen LogP contribution in [0.5, 0.6) is 0 Å². The number of esters is 1. The molecule has 0 aromatic heterocycles. The molecule has 152 valence electrons. The number of allylic oxidation sites excluding steroid dienone is 2. The predicted molar refractivity (Wildman–Crippen MR) is 118 cm³/mol. The van der Waals surface area contributed by atoms with Gasteiger partial charge in [0.1, 0.15) is 10.6 Å². The first kappa shape index (κ1) is 21.7. The van der Waals surface area contributed by atoms with Crippen molar-refractivity contribution in [1.29, 1.82) is 0 Å². The van der Waals surface area contributed by atoms with E-state index < -0.39 is 23.9 Å². The minimum absolute atomic E-state index is 0.0461. The zero-order chi connectivity index (χ0) is 21.0. The van der Waals surface area contributed by atoms with Crippen molar-refractivity contribution >= 4 is 63.1 Å². The second-order valence-corrected chi connectivity index (χ2v) is 8.22. The highest BCUT2D eigenvalue weighted by Crippen LogP contribution is 2.31. The number of rotatable bonds is 5. The van der Waals surface area contributed by atoms with E-state index in [4.69, 9.17) is 39.5 Å². The van der Waals surface area contributed by atoms with Gasteiger partial charge in [-0.2, -0.15) is 0 Å². The molecule has 3 rings (SSSR count). The van der Waals surface area contributed by atoms with E-state index in [0.29, 0.717) is 18.5 Å². The van der Waals surface area contributed by atoms with Gasteiger partial charge in [-0.15, -0.1) is 0 Å². The first-order chi connectivity index (χ1) is 13.9. The molecule has 0 unspecified atom stereocenters. The van der Waals surface area contributed by atoms with Gasteiger partial charge < -0.3 is 10.1 Å². The number of benzene rings is 2. The number of carbonyl (C=O) groups excluding carboxylic acids is 2. The maximum Gasteiger partial charge on any atom is 0.310 e. The van der Waals surface area contributed by atoms with Crippen LogP contribution in [-0.4, -0.2) is 18.0 Å². The molecule has 0 fully saturated rings. The number of hydrogen-bond acceptors (Lipinski definition) is 3. The number of halogens is 3. The zero-order valence-corrected chi connectivity index (χ0v) is 18.0. The Kier molecular flexibility index (Phi) is 7.23. The van der Waals surface area contributed by atoms with Crippen LogP contribution in [0.4, 0.5) is 5.69 Å². The van der Waals surface area contributed by atoms with E-state index in [1.165, 1.54) is 0 Å². The molecule has 3 atom stereocenters. The average Bonchev–Trinajstić information content (AvgIpc) is 2.73. The Morgan fingerprint density at radius 1 is 1.00 bits per heavy atom. The molecule has 0 bridgehead atoms. The lowest BCUT2D eigenvalue weighted by Gasteiger charge is -2.27. The van der Waals surface area contributed by atoms with Gasteiger partial charge in [-0.3, -0.25) is 9.59 Å². The van der Waals surface area contributed by atoms with Gasteiger partial charge in [-0.1, -0.05) is 83.4 Å². The summed E-state index contributed by atoms with van der Waals surface area (Å²) in [5, 5.41) is 4.99. The number of anilines is 1. The molecule has 2 aromatic rings. The van der Waals surface area contributed by atoms with Gasteiger partial charge in [0, 0.05) is 11.1 Å². The summed E-state index contributed by atoms with van der Waals surface area (Å²) in [6, 6.07) is 13.5. The summed E-state index contributed by atoms with van der Waals surface area (Å²) in [5.74, 6) is -1.89. The van der Waals surface area contributed by atoms with Crippen LogP contribution in [0.25, 0.3) is 10.8 Å². The van der Waals surface area contributed by atoms with Gasteiger partial charge in [-0.25, -0.2) is 0 Å². The number of carbonyl (C=O) groups is 2. The summed E-state index contributed by atoms with van der Waals surface area (Å²) >= 11 is 17.3. The third-order valence-electron chi connectivity index (χ3n) is 4.95. The summed E-state index contributed by atoms with van der Waals surface area (Å²) in [4.78, 5) is 25.7. The smallest absolute Gasteiger partial charge is 0.310 e. The van der Waals surface area contributed by atoms with Crippen molar-refractivity contribution in [3.05, 3.63) is 64.1 Å². The minimum atomic E-state index is -0.790. The van der Waals surface area contributed by atoms with Gasteiger partial charge in [0.25, 0.3) is 0 Å². The SMILES string of the molecule is C[C@@H](OC(=O)[C@H]1CC=CC[C@@H]1C(=O)Nc1cccc2ccccc12)C(Cl)=C(Cl)Cl. The second kappa shape index (κ2) is 9.66. The lowest BCUT2D eigenvalue weighted by Crippen LogP contribution is -2.37. The molecule has 0 heterocycles. The molecule has 1 aliphatic carbocycles. The molecule has 1 amide bonds. The van der Waals surface area contributed by atoms with Gasteiger partial charge in [0.15, 0.2) is 0 Å². The van der Waals surface area contributed by atoms with Crippen molar-refractivity contribution in [2.45, 2.75) is 25.9 Å². The Hall–Kier alpha value is -2.01. The molecule has 1 N–H and O–H groups in total. The molecular formula is C22H20Cl3NO3. The molecular weight excluding hydrogens is 433 g/mol. The molecule has 0 radical (unpaired) electrons. The maximum atomic E-state index is 13.0. The molecule has 2 aromatic carbocycles. The summed E-state index contributed by atoms with van der Waals surface area (Å²) in [5.41, 5.74) is 0.711. The van der Waals surface area contributed by atoms with Gasteiger partial charge in [-0.05, 0) is 31.2 Å². The van der Waals surface area contributed by atoms with Crippen molar-refractivity contribution in [3.8, 4) is 0 Å². The van der Waals surface area contributed by atoms with Crippen LogP contribution >= 0.6 is 34.8 Å². The largest absolute Gasteiger partial charge is 0.457 e. The lowest BCUT2D eigenvalue weighted by molar-refractivity contribution is -0.155. The first-order valence-electron chi connectivity index (χ1n) is 9.23. The molecule has 0 aliphatic heterocycles. The first-order valence-corrected chi connectivity index (χ1v) is 10.4. The molecule has 0 spiro atoms. The molecule has 1 aliphatic rings. The van der Waals surface area contributed by atoms with Crippen molar-refractivity contribution in [2.24, 2.45) is 11.8 Å². The van der Waals surface area contributed by atoms with Crippen LogP contribution in [0.15, 0.2) is 64.1 Å². The highest BCUT2D eigenvalue weighted by Gasteiger charge is 2.36. The van der Waals surface area contributed by atoms with Crippen LogP contribution in [-0.2, 0) is 14.3 Å². The lowest BCUT2D eigenvalue weighted by atomic mass is 9.82. The van der Waals surface area contributed by atoms with Crippen LogP contribution in [0, 0.1) is 11.8 Å². The van der Waals surface area contributed by atoms with Crippen molar-refractivity contribution in [1.82, 2.24) is 0 Å². The van der Waals surface area contributed by atoms with E-state index in [1.807, 2.05) is 54.6 Å². The van der Waals surface area contributed by atoms with Crippen LogP contribution in [0.2, 0.25) is 0 Å². The predicted octanol–water partition coefficient (Wildman–Crippen LogP) is 6.18. The van der Waals surface area contributed by atoms with E-state index in [2.05, 4.69) is 5.32 Å². The fourth-order valence-corrected chi connectivity index (χ4v) is 3.74. The summed E-state index contributed by atoms with van der Waals surface area (Å²) in [6.45, 7) is 1.58. The van der Waals surface area contributed by atoms with Crippen molar-refractivity contribution in [3.63, 3.8) is 0 Å². The highest BCUT2D eigenvalue weighted by atomic mass is 35.5. The van der Waals surface area contributed by atoms with Gasteiger partial charge in [0.2, 0.25) is 5.91 Å². The Bertz CT molecular complexity index is 977. The molecule has 29 heavy (non-hydrogen) atoms. The van der Waals surface area contributed by atoms with E-state index in [1.54, 1.807) is 6.92 Å². The molecule has 0 saturated carbocycles. The summed E-state index contributed by atoms with van der Waals surface area (Å²) in [7, 11) is 0. The van der Waals surface area contributed by atoms with Crippen molar-refractivity contribution < 1.29 is 14.3 Å². The second-order valence-electron chi connectivity index (χ2n) is 6.86. The Balaban J connectivity index is 1.77. The van der Waals surface area contributed by atoms with Crippen molar-refractivity contribution in [2.75, 3.05) is 5.32 Å². The van der Waals surface area contributed by atoms with Crippen LogP contribution < -0.4 is 5.32 Å². The fraction of sp³-hybridized carbons (Fsp3) is 0.273. The third kappa shape index (κ3) is 5.13. The average molecular weight is 453 g/mol. The quantitative estimate of drug-likeness (QED) is 0.435. The standard InChI is InChI=1S/C22H20Cl3NO3/c1-13(19(23)20(24)25)29-22(28)17-11-5-4-10-16(17)21(27)26-18-12-6-8-14-7-2-3-9-15(14)18/h2-9,12-13,16-17H,10-11H2,1H3,(H,26,27)/t13-,16+,17+/m1/s1. The minimum Gasteiger partial charge on any atom is -0.457 e. The normalized spacial score (nSPS) is 19.4. The molecule has 0 saturated heterocycles. The highest BCUT2D eigenvalue weighted by molar-refractivity contribution is 6.59. The van der Waals surface area contributed by atoms with Crippen LogP contribution in [0.1, 0.15) is 19.8 Å². The van der Waals surface area contributed by atoms with E-state index in [9.17, 15) is 9.59 Å². The van der Waals surface area contributed by atoms with E-state index in [0.717, 1.165) is 10.8 Å².